The molecule has 0 bridgehead atoms. The maximum absolute atomic E-state index is 11.3. The summed E-state index contributed by atoms with van der Waals surface area (Å²) in [5, 5.41) is 3.47. The lowest BCUT2D eigenvalue weighted by molar-refractivity contribution is -0.116. The van der Waals surface area contributed by atoms with Crippen molar-refractivity contribution in [2.24, 2.45) is 0 Å². The summed E-state index contributed by atoms with van der Waals surface area (Å²) in [6, 6.07) is 1.49. The summed E-state index contributed by atoms with van der Waals surface area (Å²) in [5.74, 6) is 0.200. The first-order valence-corrected chi connectivity index (χ1v) is 5.33. The lowest BCUT2D eigenvalue weighted by Gasteiger charge is -2.11. The van der Waals surface area contributed by atoms with Gasteiger partial charge in [-0.2, -0.15) is 0 Å². The van der Waals surface area contributed by atoms with E-state index in [2.05, 4.69) is 5.32 Å². The number of amides is 1. The topological polar surface area (TPSA) is 38.3 Å². The van der Waals surface area contributed by atoms with E-state index in [4.69, 9.17) is 39.5 Å². The summed E-state index contributed by atoms with van der Waals surface area (Å²) < 4.78 is 5.33. The number of ether oxygens (including phenoxy) is 1. The fourth-order valence-electron chi connectivity index (χ4n) is 1.28. The van der Waals surface area contributed by atoms with Gasteiger partial charge in [0.2, 0.25) is 5.91 Å². The Bertz CT molecular complexity index is 434. The zero-order valence-corrected chi connectivity index (χ0v) is 9.71. The molecule has 1 aromatic carbocycles. The third kappa shape index (κ3) is 2.00. The van der Waals surface area contributed by atoms with Crippen LogP contribution in [0.2, 0.25) is 15.1 Å². The molecule has 1 aliphatic rings. The minimum atomic E-state index is -0.172. The molecule has 1 aromatic rings. The van der Waals surface area contributed by atoms with Crippen molar-refractivity contribution in [2.45, 2.75) is 6.42 Å². The molecule has 0 atom stereocenters. The molecule has 1 heterocycles. The lowest BCUT2D eigenvalue weighted by atomic mass is 10.3. The third-order valence-corrected chi connectivity index (χ3v) is 3.03. The van der Waals surface area contributed by atoms with Gasteiger partial charge >= 0.3 is 0 Å². The Balaban J connectivity index is 2.60. The molecule has 0 saturated carbocycles. The van der Waals surface area contributed by atoms with Crippen LogP contribution in [0.1, 0.15) is 6.42 Å². The predicted molar refractivity (Wildman–Crippen MR) is 60.2 cm³/mol. The van der Waals surface area contributed by atoms with E-state index in [1.807, 2.05) is 0 Å². The normalized spacial score (nSPS) is 15.0. The van der Waals surface area contributed by atoms with Crippen LogP contribution in [-0.4, -0.2) is 12.5 Å². The van der Waals surface area contributed by atoms with Gasteiger partial charge < -0.3 is 10.1 Å². The summed E-state index contributed by atoms with van der Waals surface area (Å²) in [6.45, 7) is 0.274. The first-order valence-electron chi connectivity index (χ1n) is 4.19. The molecule has 1 aliphatic heterocycles. The molecule has 1 N–H and O–H groups in total. The number of hydrogen-bond acceptors (Lipinski definition) is 2. The van der Waals surface area contributed by atoms with Gasteiger partial charge in [-0.15, -0.1) is 0 Å². The van der Waals surface area contributed by atoms with Crippen LogP contribution in [0.3, 0.4) is 0 Å². The van der Waals surface area contributed by atoms with Gasteiger partial charge in [-0.3, -0.25) is 4.79 Å². The predicted octanol–water partition coefficient (Wildman–Crippen LogP) is 3.37. The molecule has 6 heteroatoms. The molecule has 3 nitrogen and oxygen atoms in total. The van der Waals surface area contributed by atoms with Crippen molar-refractivity contribution in [3.63, 3.8) is 0 Å². The highest BCUT2D eigenvalue weighted by Crippen LogP contribution is 2.44. The molecule has 2 rings (SSSR count). The highest BCUT2D eigenvalue weighted by atomic mass is 35.5. The maximum atomic E-state index is 11.3. The van der Waals surface area contributed by atoms with Crippen LogP contribution >= 0.6 is 34.8 Å². The second kappa shape index (κ2) is 4.08. The van der Waals surface area contributed by atoms with Gasteiger partial charge in [-0.25, -0.2) is 0 Å². The SMILES string of the molecule is O=C1CCOc2c(Cl)cc(Cl)c(Cl)c2N1. The van der Waals surface area contributed by atoms with E-state index in [0.717, 1.165) is 0 Å². The number of hydrogen-bond donors (Lipinski definition) is 1. The third-order valence-electron chi connectivity index (χ3n) is 1.97. The van der Waals surface area contributed by atoms with E-state index < -0.39 is 0 Å². The number of fused-ring (bicyclic) bond motifs is 1. The van der Waals surface area contributed by atoms with E-state index in [0.29, 0.717) is 16.5 Å². The molecule has 0 aliphatic carbocycles. The van der Waals surface area contributed by atoms with Gasteiger partial charge in [0.15, 0.2) is 5.75 Å². The summed E-state index contributed by atoms with van der Waals surface area (Å²) in [7, 11) is 0. The summed E-state index contributed by atoms with van der Waals surface area (Å²) in [5.41, 5.74) is 0.344. The smallest absolute Gasteiger partial charge is 0.227 e. The van der Waals surface area contributed by atoms with E-state index in [1.165, 1.54) is 6.07 Å². The zero-order chi connectivity index (χ0) is 11.0. The van der Waals surface area contributed by atoms with Crippen LogP contribution in [0.25, 0.3) is 0 Å². The second-order valence-electron chi connectivity index (χ2n) is 3.00. The second-order valence-corrected chi connectivity index (χ2v) is 4.20. The minimum Gasteiger partial charge on any atom is -0.489 e. The van der Waals surface area contributed by atoms with Crippen molar-refractivity contribution in [1.29, 1.82) is 0 Å². The molecule has 0 spiro atoms. The Hall–Kier alpha value is -0.640. The molecule has 0 unspecified atom stereocenters. The number of halogens is 3. The van der Waals surface area contributed by atoms with Gasteiger partial charge in [0.05, 0.1) is 28.1 Å². The van der Waals surface area contributed by atoms with Gasteiger partial charge in [0, 0.05) is 0 Å². The van der Waals surface area contributed by atoms with Crippen LogP contribution in [0, 0.1) is 0 Å². The molecule has 0 fully saturated rings. The van der Waals surface area contributed by atoms with Crippen molar-refractivity contribution in [2.75, 3.05) is 11.9 Å². The van der Waals surface area contributed by atoms with Gasteiger partial charge in [0.1, 0.15) is 5.69 Å². The highest BCUT2D eigenvalue weighted by molar-refractivity contribution is 6.46. The largest absolute Gasteiger partial charge is 0.489 e. The fourth-order valence-corrected chi connectivity index (χ4v) is 1.98. The van der Waals surface area contributed by atoms with Crippen LogP contribution in [-0.2, 0) is 4.79 Å². The number of rotatable bonds is 0. The van der Waals surface area contributed by atoms with Crippen LogP contribution < -0.4 is 10.1 Å². The van der Waals surface area contributed by atoms with E-state index in [-0.39, 0.29) is 29.0 Å². The summed E-state index contributed by atoms with van der Waals surface area (Å²) in [4.78, 5) is 11.3. The molecular formula is C9H6Cl3NO2. The zero-order valence-electron chi connectivity index (χ0n) is 7.44. The number of benzene rings is 1. The van der Waals surface area contributed by atoms with Gasteiger partial charge in [0.25, 0.3) is 0 Å². The minimum absolute atomic E-state index is 0.172. The molecule has 80 valence electrons. The van der Waals surface area contributed by atoms with E-state index in [1.54, 1.807) is 0 Å². The molecular weight excluding hydrogens is 260 g/mol. The summed E-state index contributed by atoms with van der Waals surface area (Å²) >= 11 is 17.7. The van der Waals surface area contributed by atoms with Crippen molar-refractivity contribution in [1.82, 2.24) is 0 Å². The van der Waals surface area contributed by atoms with Crippen LogP contribution in [0.5, 0.6) is 5.75 Å². The van der Waals surface area contributed by atoms with Crippen LogP contribution in [0.4, 0.5) is 5.69 Å². The first-order chi connectivity index (χ1) is 7.09. The first kappa shape index (κ1) is 10.9. The Labute approximate surface area is 101 Å². The average molecular weight is 267 g/mol. The van der Waals surface area contributed by atoms with E-state index in [9.17, 15) is 4.79 Å². The molecule has 0 aromatic heterocycles. The molecule has 0 radical (unpaired) electrons. The number of anilines is 1. The maximum Gasteiger partial charge on any atom is 0.227 e. The quantitative estimate of drug-likeness (QED) is 0.731. The Morgan fingerprint density at radius 3 is 2.73 bits per heavy atom. The Morgan fingerprint density at radius 2 is 2.00 bits per heavy atom. The van der Waals surface area contributed by atoms with Crippen molar-refractivity contribution < 1.29 is 9.53 Å². The Kier molecular flexibility index (Phi) is 2.96. The molecule has 15 heavy (non-hydrogen) atoms. The van der Waals surface area contributed by atoms with Crippen LogP contribution in [0.15, 0.2) is 6.07 Å². The standard InChI is InChI=1S/C9H6Cl3NO2/c10-4-3-5(11)9-8(7(4)12)13-6(14)1-2-15-9/h3H,1-2H2,(H,13,14). The van der Waals surface area contributed by atoms with Gasteiger partial charge in [-0.05, 0) is 6.07 Å². The summed E-state index contributed by atoms with van der Waals surface area (Å²) in [6.07, 6.45) is 0.263. The molecule has 1 amide bonds. The number of carbonyl (C=O) groups is 1. The lowest BCUT2D eigenvalue weighted by Crippen LogP contribution is -2.10. The fraction of sp³-hybridized carbons (Fsp3) is 0.222. The average Bonchev–Trinajstić information content (AvgIpc) is 2.37. The monoisotopic (exact) mass is 265 g/mol. The van der Waals surface area contributed by atoms with Crippen molar-refractivity contribution >= 4 is 46.4 Å². The highest BCUT2D eigenvalue weighted by Gasteiger charge is 2.21. The number of nitrogens with one attached hydrogen (secondary N) is 1. The Morgan fingerprint density at radius 1 is 1.27 bits per heavy atom. The number of carbonyl (C=O) groups excluding carboxylic acids is 1. The van der Waals surface area contributed by atoms with Crippen molar-refractivity contribution in [3.05, 3.63) is 21.1 Å². The van der Waals surface area contributed by atoms with Gasteiger partial charge in [-0.1, -0.05) is 34.8 Å². The molecule has 0 saturated heterocycles. The van der Waals surface area contributed by atoms with E-state index >= 15 is 0 Å². The van der Waals surface area contributed by atoms with Crippen molar-refractivity contribution in [3.8, 4) is 5.75 Å².